The van der Waals surface area contributed by atoms with Gasteiger partial charge in [0.1, 0.15) is 11.3 Å². The zero-order chi connectivity index (χ0) is 18.5. The second kappa shape index (κ2) is 7.84. The van der Waals surface area contributed by atoms with E-state index in [1.807, 2.05) is 37.3 Å². The van der Waals surface area contributed by atoms with Gasteiger partial charge in [0, 0.05) is 5.92 Å². The lowest BCUT2D eigenvalue weighted by molar-refractivity contribution is 0.0906. The molecule has 0 bridgehead atoms. The molecule has 26 heavy (non-hydrogen) atoms. The summed E-state index contributed by atoms with van der Waals surface area (Å²) in [7, 11) is 0. The first kappa shape index (κ1) is 17.7. The Morgan fingerprint density at radius 2 is 1.92 bits per heavy atom. The Balaban J connectivity index is 1.77. The molecule has 1 aromatic carbocycles. The number of hydrogen-bond acceptors (Lipinski definition) is 4. The van der Waals surface area contributed by atoms with Crippen LogP contribution in [0.4, 0.5) is 0 Å². The number of H-pyrrole nitrogens is 1. The molecule has 0 aliphatic rings. The normalized spacial score (nSPS) is 13.2. The fourth-order valence-electron chi connectivity index (χ4n) is 2.79. The summed E-state index contributed by atoms with van der Waals surface area (Å²) in [4.78, 5) is 27.4. The van der Waals surface area contributed by atoms with Crippen LogP contribution in [0.2, 0.25) is 0 Å². The lowest BCUT2D eigenvalue weighted by atomic mass is 9.93. The maximum atomic E-state index is 12.5. The van der Waals surface area contributed by atoms with Crippen molar-refractivity contribution in [2.45, 2.75) is 18.9 Å². The molecule has 2 atom stereocenters. The lowest BCUT2D eigenvalue weighted by Crippen LogP contribution is -2.42. The van der Waals surface area contributed by atoms with Gasteiger partial charge in [0.2, 0.25) is 0 Å². The molecule has 0 aliphatic heterocycles. The van der Waals surface area contributed by atoms with Crippen LogP contribution in [0.3, 0.4) is 0 Å². The predicted octanol–water partition coefficient (Wildman–Crippen LogP) is 2.53. The zero-order valence-electron chi connectivity index (χ0n) is 14.3. The maximum absolute atomic E-state index is 12.5. The van der Waals surface area contributed by atoms with Crippen molar-refractivity contribution in [3.8, 4) is 11.5 Å². The monoisotopic (exact) mass is 352 g/mol. The van der Waals surface area contributed by atoms with Crippen LogP contribution in [0.15, 0.2) is 70.1 Å². The van der Waals surface area contributed by atoms with Crippen LogP contribution in [0.1, 0.15) is 28.8 Å². The second-order valence-electron chi connectivity index (χ2n) is 6.05. The predicted molar refractivity (Wildman–Crippen MR) is 98.0 cm³/mol. The van der Waals surface area contributed by atoms with Gasteiger partial charge in [-0.3, -0.25) is 9.59 Å². The van der Waals surface area contributed by atoms with E-state index >= 15 is 0 Å². The summed E-state index contributed by atoms with van der Waals surface area (Å²) < 4.78 is 5.23. The number of benzene rings is 1. The minimum Gasteiger partial charge on any atom is -0.463 e. The Kier molecular flexibility index (Phi) is 5.34. The zero-order valence-corrected chi connectivity index (χ0v) is 14.3. The van der Waals surface area contributed by atoms with Crippen LogP contribution >= 0.6 is 0 Å². The highest BCUT2D eigenvalue weighted by molar-refractivity contribution is 5.94. The highest BCUT2D eigenvalue weighted by Crippen LogP contribution is 2.19. The molecule has 0 unspecified atom stereocenters. The van der Waals surface area contributed by atoms with Crippen LogP contribution in [0.5, 0.6) is 0 Å². The van der Waals surface area contributed by atoms with E-state index in [2.05, 4.69) is 10.3 Å². The van der Waals surface area contributed by atoms with E-state index in [0.29, 0.717) is 11.5 Å². The Morgan fingerprint density at radius 3 is 2.54 bits per heavy atom. The third kappa shape index (κ3) is 3.75. The van der Waals surface area contributed by atoms with Gasteiger partial charge in [-0.15, -0.1) is 0 Å². The van der Waals surface area contributed by atoms with E-state index in [0.717, 1.165) is 5.56 Å². The molecule has 6 heteroatoms. The third-order valence-corrected chi connectivity index (χ3v) is 4.38. The number of aromatic amines is 1. The van der Waals surface area contributed by atoms with Crippen LogP contribution in [-0.4, -0.2) is 28.6 Å². The fraction of sp³-hybridized carbons (Fsp3) is 0.200. The molecular formula is C20H20N2O4. The number of aromatic nitrogens is 1. The Labute approximate surface area is 150 Å². The number of aliphatic hydroxyl groups excluding tert-OH is 1. The number of pyridine rings is 1. The van der Waals surface area contributed by atoms with Gasteiger partial charge in [0.05, 0.1) is 24.6 Å². The Bertz CT molecular complexity index is 916. The largest absolute Gasteiger partial charge is 0.463 e. The van der Waals surface area contributed by atoms with Gasteiger partial charge in [-0.1, -0.05) is 37.3 Å². The number of amides is 1. The topological polar surface area (TPSA) is 95.3 Å². The van der Waals surface area contributed by atoms with E-state index in [-0.39, 0.29) is 18.1 Å². The molecule has 6 nitrogen and oxygen atoms in total. The number of hydrogen-bond donors (Lipinski definition) is 3. The lowest BCUT2D eigenvalue weighted by Gasteiger charge is -2.23. The highest BCUT2D eigenvalue weighted by atomic mass is 16.3. The van der Waals surface area contributed by atoms with Gasteiger partial charge in [0.25, 0.3) is 11.5 Å². The number of aliphatic hydroxyl groups is 1. The van der Waals surface area contributed by atoms with Gasteiger partial charge < -0.3 is 19.8 Å². The molecule has 1 amide bonds. The molecule has 0 aliphatic carbocycles. The van der Waals surface area contributed by atoms with Crippen molar-refractivity contribution in [3.63, 3.8) is 0 Å². The van der Waals surface area contributed by atoms with Gasteiger partial charge >= 0.3 is 0 Å². The molecule has 2 heterocycles. The van der Waals surface area contributed by atoms with Crippen LogP contribution in [-0.2, 0) is 0 Å². The second-order valence-corrected chi connectivity index (χ2v) is 6.05. The SMILES string of the molecule is C[C@H](c1ccccc1)[C@H](CO)NC(=O)c1ccc(-c2ccco2)[nH]c1=O. The average Bonchev–Trinajstić information content (AvgIpc) is 3.20. The average molecular weight is 352 g/mol. The van der Waals surface area contributed by atoms with E-state index in [1.54, 1.807) is 18.2 Å². The minimum absolute atomic E-state index is 0.0148. The molecule has 0 saturated carbocycles. The molecule has 3 aromatic rings. The van der Waals surface area contributed by atoms with Crippen molar-refractivity contribution in [2.75, 3.05) is 6.61 Å². The summed E-state index contributed by atoms with van der Waals surface area (Å²) in [6, 6.07) is 15.6. The van der Waals surface area contributed by atoms with Gasteiger partial charge in [-0.25, -0.2) is 0 Å². The molecule has 0 radical (unpaired) electrons. The number of carbonyl (C=O) groups is 1. The fourth-order valence-corrected chi connectivity index (χ4v) is 2.79. The number of rotatable bonds is 6. The quantitative estimate of drug-likeness (QED) is 0.635. The van der Waals surface area contributed by atoms with Crippen LogP contribution in [0.25, 0.3) is 11.5 Å². The van der Waals surface area contributed by atoms with Crippen molar-refractivity contribution in [3.05, 3.63) is 82.3 Å². The summed E-state index contributed by atoms with van der Waals surface area (Å²) in [5, 5.41) is 12.4. The molecular weight excluding hydrogens is 332 g/mol. The number of furan rings is 1. The highest BCUT2D eigenvalue weighted by Gasteiger charge is 2.22. The van der Waals surface area contributed by atoms with Crippen molar-refractivity contribution in [2.24, 2.45) is 0 Å². The van der Waals surface area contributed by atoms with E-state index in [1.165, 1.54) is 12.3 Å². The molecule has 2 aromatic heterocycles. The first-order valence-corrected chi connectivity index (χ1v) is 8.34. The number of carbonyl (C=O) groups excluding carboxylic acids is 1. The summed E-state index contributed by atoms with van der Waals surface area (Å²) in [5.74, 6) is -0.120. The Hall–Kier alpha value is -3.12. The van der Waals surface area contributed by atoms with Crippen molar-refractivity contribution in [1.29, 1.82) is 0 Å². The molecule has 3 N–H and O–H groups in total. The van der Waals surface area contributed by atoms with E-state index in [9.17, 15) is 14.7 Å². The van der Waals surface area contributed by atoms with Crippen LogP contribution < -0.4 is 10.9 Å². The minimum atomic E-state index is -0.529. The molecule has 134 valence electrons. The van der Waals surface area contributed by atoms with E-state index in [4.69, 9.17) is 4.42 Å². The van der Waals surface area contributed by atoms with E-state index < -0.39 is 17.5 Å². The van der Waals surface area contributed by atoms with Crippen molar-refractivity contribution in [1.82, 2.24) is 10.3 Å². The summed E-state index contributed by atoms with van der Waals surface area (Å²) in [6.45, 7) is 1.69. The van der Waals surface area contributed by atoms with Crippen molar-refractivity contribution < 1.29 is 14.3 Å². The van der Waals surface area contributed by atoms with Gasteiger partial charge in [-0.05, 0) is 29.8 Å². The molecule has 0 fully saturated rings. The van der Waals surface area contributed by atoms with Gasteiger partial charge in [-0.2, -0.15) is 0 Å². The maximum Gasteiger partial charge on any atom is 0.261 e. The molecule has 3 rings (SSSR count). The smallest absolute Gasteiger partial charge is 0.261 e. The third-order valence-electron chi connectivity index (χ3n) is 4.38. The molecule has 0 spiro atoms. The van der Waals surface area contributed by atoms with Gasteiger partial charge in [0.15, 0.2) is 0 Å². The van der Waals surface area contributed by atoms with Crippen molar-refractivity contribution >= 4 is 5.91 Å². The summed E-state index contributed by atoms with van der Waals surface area (Å²) in [6.07, 6.45) is 1.51. The summed E-state index contributed by atoms with van der Waals surface area (Å²) >= 11 is 0. The Morgan fingerprint density at radius 1 is 1.15 bits per heavy atom. The first-order valence-electron chi connectivity index (χ1n) is 8.34. The summed E-state index contributed by atoms with van der Waals surface area (Å²) in [5.41, 5.74) is 0.960. The molecule has 0 saturated heterocycles. The first-order chi connectivity index (χ1) is 12.6. The van der Waals surface area contributed by atoms with Crippen LogP contribution in [0, 0.1) is 0 Å². The standard InChI is InChI=1S/C20H20N2O4/c1-13(14-6-3-2-4-7-14)17(12-23)22-20(25)15-9-10-16(21-19(15)24)18-8-5-11-26-18/h2-11,13,17,23H,12H2,1H3,(H,21,24)(H,22,25)/t13-,17+/m1/s1. The number of nitrogens with one attached hydrogen (secondary N) is 2.